The fraction of sp³-hybridized carbons (Fsp3) is 0.467. The molecule has 2 aromatic heterocycles. The summed E-state index contributed by atoms with van der Waals surface area (Å²) in [4.78, 5) is 26.1. The molecule has 2 heterocycles. The van der Waals surface area contributed by atoms with Crippen LogP contribution in [-0.2, 0) is 0 Å². The Kier molecular flexibility index (Phi) is 3.71. The van der Waals surface area contributed by atoms with Crippen LogP contribution in [0.15, 0.2) is 18.3 Å². The van der Waals surface area contributed by atoms with Gasteiger partial charge in [0.05, 0.1) is 15.1 Å². The molecule has 0 saturated heterocycles. The summed E-state index contributed by atoms with van der Waals surface area (Å²) < 4.78 is 1.99. The summed E-state index contributed by atoms with van der Waals surface area (Å²) in [6, 6.07) is 3.75. The predicted molar refractivity (Wildman–Crippen MR) is 82.2 cm³/mol. The van der Waals surface area contributed by atoms with Crippen molar-refractivity contribution in [3.8, 4) is 0 Å². The maximum atomic E-state index is 12.6. The predicted octanol–water partition coefficient (Wildman–Crippen LogP) is 3.63. The largest absolute Gasteiger partial charge is 0.464 e. The average molecular weight is 306 g/mol. The van der Waals surface area contributed by atoms with Gasteiger partial charge >= 0.3 is 6.09 Å². The molecule has 21 heavy (non-hydrogen) atoms. The van der Waals surface area contributed by atoms with Crippen LogP contribution in [0, 0.1) is 0 Å². The standard InChI is InChI=1S/C15H18N2O3S/c1-16(10-5-3-2-4-6-10)14(18)13-9-11-12(21-13)7-8-17(11)15(19)20/h7-10H,2-6H2,1H3,(H,19,20). The monoisotopic (exact) mass is 306 g/mol. The van der Waals surface area contributed by atoms with Gasteiger partial charge in [-0.15, -0.1) is 11.3 Å². The summed E-state index contributed by atoms with van der Waals surface area (Å²) in [7, 11) is 1.86. The average Bonchev–Trinajstić information content (AvgIpc) is 3.06. The van der Waals surface area contributed by atoms with Crippen molar-refractivity contribution in [2.45, 2.75) is 38.1 Å². The first-order valence-electron chi connectivity index (χ1n) is 7.19. The molecular formula is C15H18N2O3S. The number of aromatic nitrogens is 1. The first kappa shape index (κ1) is 14.1. The number of hydrogen-bond donors (Lipinski definition) is 1. The molecule has 0 spiro atoms. The van der Waals surface area contributed by atoms with Crippen LogP contribution in [0.1, 0.15) is 41.8 Å². The molecule has 0 atom stereocenters. The molecule has 3 rings (SSSR count). The number of carboxylic acid groups (broad SMARTS) is 1. The minimum Gasteiger partial charge on any atom is -0.464 e. The van der Waals surface area contributed by atoms with E-state index in [-0.39, 0.29) is 5.91 Å². The van der Waals surface area contributed by atoms with Gasteiger partial charge in [-0.3, -0.25) is 9.36 Å². The highest BCUT2D eigenvalue weighted by Gasteiger charge is 2.24. The van der Waals surface area contributed by atoms with E-state index in [1.54, 1.807) is 12.1 Å². The second-order valence-electron chi connectivity index (χ2n) is 5.54. The molecule has 1 saturated carbocycles. The molecule has 5 nitrogen and oxygen atoms in total. The van der Waals surface area contributed by atoms with Gasteiger partial charge in [-0.1, -0.05) is 19.3 Å². The van der Waals surface area contributed by atoms with Crippen LogP contribution in [0.4, 0.5) is 4.79 Å². The van der Waals surface area contributed by atoms with Crippen LogP contribution in [0.3, 0.4) is 0 Å². The van der Waals surface area contributed by atoms with E-state index in [1.165, 1.54) is 36.8 Å². The van der Waals surface area contributed by atoms with E-state index >= 15 is 0 Å². The number of rotatable bonds is 2. The highest BCUT2D eigenvalue weighted by molar-refractivity contribution is 7.20. The fourth-order valence-corrected chi connectivity index (χ4v) is 4.04. The summed E-state index contributed by atoms with van der Waals surface area (Å²) in [5, 5.41) is 9.10. The lowest BCUT2D eigenvalue weighted by atomic mass is 9.94. The van der Waals surface area contributed by atoms with E-state index in [0.29, 0.717) is 16.4 Å². The van der Waals surface area contributed by atoms with E-state index in [0.717, 1.165) is 22.1 Å². The summed E-state index contributed by atoms with van der Waals surface area (Å²) >= 11 is 1.36. The number of thiophene rings is 1. The molecule has 1 aliphatic rings. The lowest BCUT2D eigenvalue weighted by Crippen LogP contribution is -2.37. The van der Waals surface area contributed by atoms with Crippen LogP contribution in [0.25, 0.3) is 10.2 Å². The molecule has 0 aromatic carbocycles. The van der Waals surface area contributed by atoms with Crippen molar-refractivity contribution in [1.29, 1.82) is 0 Å². The van der Waals surface area contributed by atoms with E-state index < -0.39 is 6.09 Å². The number of hydrogen-bond acceptors (Lipinski definition) is 3. The van der Waals surface area contributed by atoms with Crippen LogP contribution >= 0.6 is 11.3 Å². The third-order valence-electron chi connectivity index (χ3n) is 4.23. The third kappa shape index (κ3) is 2.55. The van der Waals surface area contributed by atoms with Gasteiger partial charge < -0.3 is 10.0 Å². The quantitative estimate of drug-likeness (QED) is 0.921. The molecule has 0 radical (unpaired) electrons. The van der Waals surface area contributed by atoms with Gasteiger partial charge in [0.1, 0.15) is 0 Å². The van der Waals surface area contributed by atoms with Crippen molar-refractivity contribution in [2.24, 2.45) is 0 Å². The Hall–Kier alpha value is -1.82. The molecule has 1 aliphatic carbocycles. The van der Waals surface area contributed by atoms with Crippen molar-refractivity contribution in [3.05, 3.63) is 23.2 Å². The first-order chi connectivity index (χ1) is 10.1. The highest BCUT2D eigenvalue weighted by Crippen LogP contribution is 2.29. The van der Waals surface area contributed by atoms with Crippen molar-refractivity contribution < 1.29 is 14.7 Å². The van der Waals surface area contributed by atoms with Crippen molar-refractivity contribution in [1.82, 2.24) is 9.47 Å². The second-order valence-corrected chi connectivity index (χ2v) is 6.62. The fourth-order valence-electron chi connectivity index (χ4n) is 3.01. The third-order valence-corrected chi connectivity index (χ3v) is 5.31. The summed E-state index contributed by atoms with van der Waals surface area (Å²) in [5.74, 6) is 0.0000359. The van der Waals surface area contributed by atoms with Gasteiger partial charge in [-0.05, 0) is 25.0 Å². The van der Waals surface area contributed by atoms with Crippen LogP contribution in [0.5, 0.6) is 0 Å². The van der Waals surface area contributed by atoms with Crippen molar-refractivity contribution in [3.63, 3.8) is 0 Å². The smallest absolute Gasteiger partial charge is 0.416 e. The maximum absolute atomic E-state index is 12.6. The van der Waals surface area contributed by atoms with Gasteiger partial charge in [0, 0.05) is 19.3 Å². The number of nitrogens with zero attached hydrogens (tertiary/aromatic N) is 2. The zero-order chi connectivity index (χ0) is 15.0. The Bertz CT molecular complexity index is 682. The van der Waals surface area contributed by atoms with Gasteiger partial charge in [0.2, 0.25) is 0 Å². The summed E-state index contributed by atoms with van der Waals surface area (Å²) in [6.45, 7) is 0. The van der Waals surface area contributed by atoms with Gasteiger partial charge in [0.15, 0.2) is 0 Å². The van der Waals surface area contributed by atoms with Gasteiger partial charge in [-0.25, -0.2) is 4.79 Å². The molecule has 1 amide bonds. The normalized spacial score (nSPS) is 16.2. The molecule has 2 aromatic rings. The lowest BCUT2D eigenvalue weighted by Gasteiger charge is -2.30. The van der Waals surface area contributed by atoms with Crippen LogP contribution < -0.4 is 0 Å². The number of amides is 1. The highest BCUT2D eigenvalue weighted by atomic mass is 32.1. The second kappa shape index (κ2) is 5.52. The molecule has 0 unspecified atom stereocenters. The molecular weight excluding hydrogens is 288 g/mol. The summed E-state index contributed by atoms with van der Waals surface area (Å²) in [5.41, 5.74) is 0.591. The number of carbonyl (C=O) groups is 2. The summed E-state index contributed by atoms with van der Waals surface area (Å²) in [6.07, 6.45) is 6.23. The molecule has 0 bridgehead atoms. The van der Waals surface area contributed by atoms with E-state index in [2.05, 4.69) is 0 Å². The molecule has 1 fully saturated rings. The van der Waals surface area contributed by atoms with Crippen molar-refractivity contribution >= 4 is 33.6 Å². The molecule has 1 N–H and O–H groups in total. The van der Waals surface area contributed by atoms with Crippen LogP contribution in [-0.4, -0.2) is 39.7 Å². The van der Waals surface area contributed by atoms with Crippen LogP contribution in [0.2, 0.25) is 0 Å². The number of carbonyl (C=O) groups excluding carboxylic acids is 1. The minimum atomic E-state index is -1.03. The Balaban J connectivity index is 1.85. The Morgan fingerprint density at radius 2 is 2.05 bits per heavy atom. The Morgan fingerprint density at radius 3 is 2.71 bits per heavy atom. The zero-order valence-electron chi connectivity index (χ0n) is 11.9. The van der Waals surface area contributed by atoms with Crippen molar-refractivity contribution in [2.75, 3.05) is 7.05 Å². The molecule has 112 valence electrons. The zero-order valence-corrected chi connectivity index (χ0v) is 12.7. The SMILES string of the molecule is CN(C(=O)c1cc2c(ccn2C(=O)O)s1)C1CCCCC1. The molecule has 0 aliphatic heterocycles. The van der Waals surface area contributed by atoms with E-state index in [1.807, 2.05) is 11.9 Å². The van der Waals surface area contributed by atoms with E-state index in [9.17, 15) is 9.59 Å². The van der Waals surface area contributed by atoms with Gasteiger partial charge in [-0.2, -0.15) is 0 Å². The number of fused-ring (bicyclic) bond motifs is 1. The minimum absolute atomic E-state index is 0.0000359. The Morgan fingerprint density at radius 1 is 1.33 bits per heavy atom. The topological polar surface area (TPSA) is 62.5 Å². The first-order valence-corrected chi connectivity index (χ1v) is 8.01. The maximum Gasteiger partial charge on any atom is 0.416 e. The Labute approximate surface area is 126 Å². The van der Waals surface area contributed by atoms with Gasteiger partial charge in [0.25, 0.3) is 5.91 Å². The molecule has 6 heteroatoms. The lowest BCUT2D eigenvalue weighted by molar-refractivity contribution is 0.0701. The van der Waals surface area contributed by atoms with E-state index in [4.69, 9.17) is 5.11 Å².